The van der Waals surface area contributed by atoms with Crippen LogP contribution in [0.3, 0.4) is 0 Å². The van der Waals surface area contributed by atoms with Gasteiger partial charge in [-0.3, -0.25) is 38.6 Å². The molecule has 3 saturated heterocycles. The fraction of sp³-hybridized carbons (Fsp3) is 0.500. The number of nitrogens with zero attached hydrogens (tertiary/aromatic N) is 9. The number of pyridine rings is 2. The van der Waals surface area contributed by atoms with Crippen LogP contribution in [0.5, 0.6) is 5.75 Å². The van der Waals surface area contributed by atoms with E-state index in [-0.39, 0.29) is 53.9 Å². The van der Waals surface area contributed by atoms with Crippen molar-refractivity contribution in [3.05, 3.63) is 63.8 Å². The number of halogens is 1. The molecule has 3 N–H and O–H groups in total. The number of nitrogens with one attached hydrogen (secondary N) is 3. The number of amides is 3. The smallest absolute Gasteiger partial charge is 0.294 e. The first-order valence-corrected chi connectivity index (χ1v) is 22.2. The summed E-state index contributed by atoms with van der Waals surface area (Å²) < 4.78 is 15.6. The predicted octanol–water partition coefficient (Wildman–Crippen LogP) is 4.03. The van der Waals surface area contributed by atoms with Crippen LogP contribution in [-0.2, 0) is 26.2 Å². The molecule has 18 nitrogen and oxygen atoms in total. The van der Waals surface area contributed by atoms with Crippen LogP contribution < -0.4 is 36.0 Å². The van der Waals surface area contributed by atoms with Gasteiger partial charge in [0.2, 0.25) is 17.8 Å². The Morgan fingerprint density at radius 2 is 1.73 bits per heavy atom. The molecule has 3 aliphatic heterocycles. The molecule has 19 heteroatoms. The molecule has 9 rings (SSSR count). The van der Waals surface area contributed by atoms with Crippen molar-refractivity contribution in [2.45, 2.75) is 82.6 Å². The number of hydrogen-bond acceptors (Lipinski definition) is 14. The van der Waals surface area contributed by atoms with Crippen LogP contribution in [0.4, 0.5) is 23.1 Å². The summed E-state index contributed by atoms with van der Waals surface area (Å²) in [5, 5.41) is 14.9. The summed E-state index contributed by atoms with van der Waals surface area (Å²) in [6.45, 7) is 8.88. The van der Waals surface area contributed by atoms with Gasteiger partial charge in [-0.1, -0.05) is 11.6 Å². The summed E-state index contributed by atoms with van der Waals surface area (Å²) in [7, 11) is 3.42. The molecule has 0 spiro atoms. The van der Waals surface area contributed by atoms with Gasteiger partial charge >= 0.3 is 0 Å². The number of carbonyl (C=O) groups is 3. The van der Waals surface area contributed by atoms with Crippen LogP contribution in [0.1, 0.15) is 70.0 Å². The quantitative estimate of drug-likeness (QED) is 0.152. The average molecular weight is 881 g/mol. The normalized spacial score (nSPS) is 21.2. The van der Waals surface area contributed by atoms with Crippen LogP contribution in [-0.4, -0.2) is 123 Å². The van der Waals surface area contributed by atoms with E-state index in [9.17, 15) is 19.2 Å². The molecule has 1 saturated carbocycles. The Bertz CT molecular complexity index is 2610. The molecule has 3 amide bonds. The number of carbonyl (C=O) groups excluding carboxylic acids is 3. The second-order valence-corrected chi connectivity index (χ2v) is 17.6. The summed E-state index contributed by atoms with van der Waals surface area (Å²) in [5.41, 5.74) is 3.62. The number of ether oxygens (including phenoxy) is 2. The molecule has 63 heavy (non-hydrogen) atoms. The first kappa shape index (κ1) is 42.5. The number of hydrogen-bond donors (Lipinski definition) is 3. The number of imide groups is 1. The van der Waals surface area contributed by atoms with Gasteiger partial charge in [0.05, 0.1) is 47.4 Å². The number of anilines is 4. The van der Waals surface area contributed by atoms with Crippen molar-refractivity contribution in [1.82, 2.24) is 44.8 Å². The maximum atomic E-state index is 13.2. The zero-order valence-corrected chi connectivity index (χ0v) is 36.7. The number of benzene rings is 1. The minimum absolute atomic E-state index is 0.0585. The minimum atomic E-state index is -0.412. The molecular formula is C44H53ClN12O6. The Labute approximate surface area is 369 Å². The molecule has 332 valence electrons. The van der Waals surface area contributed by atoms with E-state index in [2.05, 4.69) is 58.8 Å². The lowest BCUT2D eigenvalue weighted by Gasteiger charge is -2.47. The number of piperazine rings is 1. The first-order valence-electron chi connectivity index (χ1n) is 21.8. The largest absolute Gasteiger partial charge is 0.478 e. The highest BCUT2D eigenvalue weighted by Crippen LogP contribution is 2.35. The lowest BCUT2D eigenvalue weighted by molar-refractivity contribution is -0.134. The van der Waals surface area contributed by atoms with Crippen molar-refractivity contribution in [1.29, 1.82) is 0 Å². The zero-order valence-electron chi connectivity index (χ0n) is 36.0. The van der Waals surface area contributed by atoms with E-state index >= 15 is 0 Å². The standard InChI is InChI=1S/C44H53ClN12O6/c1-25(2)57-41-26(18-36(43(57)61)62-24-38(59)46-3)17-27(22-47-41)49-40-34(45)23-48-44(51-40)56-11-9-30(10-12-56)63-31-19-29(20-31)55-15-13-54(14-16-55)28-5-6-32-35(21-28)53(4)52-39(32)33-7-8-37(58)50-42(33)60/h5-6,17-18,21-23,25,29-31,33H,7-16,19-20,24H2,1-4H3,(H,46,59)(H,48,49,51)(H,50,58,60). The van der Waals surface area contributed by atoms with Crippen LogP contribution in [0, 0.1) is 0 Å². The summed E-state index contributed by atoms with van der Waals surface area (Å²) in [6.07, 6.45) is 8.33. The van der Waals surface area contributed by atoms with Gasteiger partial charge in [0, 0.05) is 88.3 Å². The number of aromatic nitrogens is 6. The van der Waals surface area contributed by atoms with Crippen molar-refractivity contribution in [2.75, 3.05) is 68.0 Å². The van der Waals surface area contributed by atoms with Gasteiger partial charge in [-0.15, -0.1) is 0 Å². The second-order valence-electron chi connectivity index (χ2n) is 17.2. The van der Waals surface area contributed by atoms with Gasteiger partial charge in [-0.05, 0) is 76.3 Å². The fourth-order valence-electron chi connectivity index (χ4n) is 9.24. The molecule has 4 aromatic heterocycles. The topological polar surface area (TPSA) is 194 Å². The summed E-state index contributed by atoms with van der Waals surface area (Å²) >= 11 is 6.58. The van der Waals surface area contributed by atoms with Crippen LogP contribution in [0.25, 0.3) is 21.9 Å². The van der Waals surface area contributed by atoms with Gasteiger partial charge in [-0.2, -0.15) is 10.1 Å². The lowest BCUT2D eigenvalue weighted by Crippen LogP contribution is -2.56. The first-order chi connectivity index (χ1) is 30.4. The third-order valence-electron chi connectivity index (χ3n) is 12.8. The molecule has 1 aliphatic carbocycles. The molecule has 7 heterocycles. The summed E-state index contributed by atoms with van der Waals surface area (Å²) in [4.78, 5) is 70.5. The van der Waals surface area contributed by atoms with Crippen molar-refractivity contribution in [3.8, 4) is 5.75 Å². The van der Waals surface area contributed by atoms with Crippen molar-refractivity contribution in [2.24, 2.45) is 7.05 Å². The molecule has 0 radical (unpaired) electrons. The van der Waals surface area contributed by atoms with E-state index in [1.54, 1.807) is 23.0 Å². The molecule has 0 bridgehead atoms. The Balaban J connectivity index is 0.751. The zero-order chi connectivity index (χ0) is 43.9. The van der Waals surface area contributed by atoms with E-state index in [4.69, 9.17) is 31.2 Å². The van der Waals surface area contributed by atoms with E-state index in [1.165, 1.54) is 7.05 Å². The SMILES string of the molecule is CNC(=O)COc1cc2cc(Nc3nc(N4CCC(OC5CC(N6CCN(c7ccc8c(C9CCC(=O)NC9=O)nn(C)c8c7)CC6)C5)CC4)ncc3Cl)cnc2n(C(C)C)c1=O. The third kappa shape index (κ3) is 8.75. The van der Waals surface area contributed by atoms with E-state index in [1.807, 2.05) is 31.6 Å². The predicted molar refractivity (Wildman–Crippen MR) is 239 cm³/mol. The Morgan fingerprint density at radius 1 is 0.952 bits per heavy atom. The van der Waals surface area contributed by atoms with Gasteiger partial charge in [-0.25, -0.2) is 9.97 Å². The summed E-state index contributed by atoms with van der Waals surface area (Å²) in [5.74, 6) is -0.170. The third-order valence-corrected chi connectivity index (χ3v) is 13.1. The van der Waals surface area contributed by atoms with E-state index < -0.39 is 5.92 Å². The Hall–Kier alpha value is -5.85. The number of likely N-dealkylation sites (N-methyl/N-ethyl adjacent to an activating group) is 1. The van der Waals surface area contributed by atoms with Crippen molar-refractivity contribution in [3.63, 3.8) is 0 Å². The lowest BCUT2D eigenvalue weighted by atomic mass is 9.87. The van der Waals surface area contributed by atoms with Crippen LogP contribution >= 0.6 is 11.6 Å². The number of piperidine rings is 2. The minimum Gasteiger partial charge on any atom is -0.478 e. The highest BCUT2D eigenvalue weighted by atomic mass is 35.5. The maximum absolute atomic E-state index is 13.2. The highest BCUT2D eigenvalue weighted by molar-refractivity contribution is 6.33. The van der Waals surface area contributed by atoms with Crippen LogP contribution in [0.2, 0.25) is 5.02 Å². The monoisotopic (exact) mass is 880 g/mol. The van der Waals surface area contributed by atoms with Gasteiger partial charge in [0.15, 0.2) is 18.2 Å². The molecule has 1 atom stereocenters. The maximum Gasteiger partial charge on any atom is 0.294 e. The fourth-order valence-corrected chi connectivity index (χ4v) is 9.38. The van der Waals surface area contributed by atoms with E-state index in [0.717, 1.165) is 87.2 Å². The molecule has 1 aromatic carbocycles. The van der Waals surface area contributed by atoms with Crippen molar-refractivity contribution >= 4 is 74.4 Å². The summed E-state index contributed by atoms with van der Waals surface area (Å²) in [6, 6.07) is 10.1. The molecule has 1 unspecified atom stereocenters. The number of fused-ring (bicyclic) bond motifs is 2. The van der Waals surface area contributed by atoms with Gasteiger partial charge in [0.1, 0.15) is 10.7 Å². The molecule has 5 aromatic rings. The highest BCUT2D eigenvalue weighted by Gasteiger charge is 2.38. The van der Waals surface area contributed by atoms with E-state index in [0.29, 0.717) is 52.4 Å². The molecule has 4 aliphatic rings. The number of aryl methyl sites for hydroxylation is 1. The molecule has 4 fully saturated rings. The van der Waals surface area contributed by atoms with Crippen LogP contribution in [0.15, 0.2) is 47.5 Å². The Kier molecular flexibility index (Phi) is 11.9. The second kappa shape index (κ2) is 17.7. The number of rotatable bonds is 12. The van der Waals surface area contributed by atoms with Gasteiger partial charge in [0.25, 0.3) is 11.5 Å². The van der Waals surface area contributed by atoms with Gasteiger partial charge < -0.3 is 29.9 Å². The van der Waals surface area contributed by atoms with Crippen molar-refractivity contribution < 1.29 is 23.9 Å². The molecular weight excluding hydrogens is 828 g/mol. The Morgan fingerprint density at radius 3 is 2.46 bits per heavy atom. The average Bonchev–Trinajstić information content (AvgIpc) is 3.59.